The van der Waals surface area contributed by atoms with E-state index in [9.17, 15) is 14.4 Å². The molecule has 1 N–H and O–H groups in total. The summed E-state index contributed by atoms with van der Waals surface area (Å²) in [5.41, 5.74) is 5.30. The highest BCUT2D eigenvalue weighted by atomic mass is 16.2. The molecular formula is C33H47N3O3. The van der Waals surface area contributed by atoms with Gasteiger partial charge in [-0.1, -0.05) is 82.8 Å². The van der Waals surface area contributed by atoms with Gasteiger partial charge >= 0.3 is 0 Å². The van der Waals surface area contributed by atoms with Gasteiger partial charge in [-0.3, -0.25) is 9.59 Å². The maximum absolute atomic E-state index is 13.1. The van der Waals surface area contributed by atoms with Crippen LogP contribution < -0.4 is 5.32 Å². The molecule has 0 saturated carbocycles. The Morgan fingerprint density at radius 2 is 1.92 bits per heavy atom. The Morgan fingerprint density at radius 3 is 2.46 bits per heavy atom. The van der Waals surface area contributed by atoms with Crippen LogP contribution in [0.4, 0.5) is 0 Å². The molecule has 2 aliphatic rings. The molecule has 2 unspecified atom stereocenters. The molecular weight excluding hydrogens is 486 g/mol. The lowest BCUT2D eigenvalue weighted by atomic mass is 10.0. The third kappa shape index (κ3) is 8.37. The average Bonchev–Trinajstić information content (AvgIpc) is 3.52. The molecule has 0 bridgehead atoms. The first-order chi connectivity index (χ1) is 18.7. The Balaban J connectivity index is 0.000000306. The number of nitrogens with zero attached hydrogens (tertiary/aromatic N) is 2. The van der Waals surface area contributed by atoms with Crippen LogP contribution in [0.2, 0.25) is 0 Å². The number of hydrogen-bond donors (Lipinski definition) is 1. The first-order valence-corrected chi connectivity index (χ1v) is 14.2. The zero-order valence-corrected chi connectivity index (χ0v) is 24.5. The molecule has 6 nitrogen and oxygen atoms in total. The minimum atomic E-state index is -0.559. The second-order valence-electron chi connectivity index (χ2n) is 10.6. The molecule has 1 aromatic rings. The van der Waals surface area contributed by atoms with Gasteiger partial charge in [0.1, 0.15) is 12.3 Å². The molecule has 2 atom stereocenters. The van der Waals surface area contributed by atoms with Crippen molar-refractivity contribution in [2.75, 3.05) is 20.1 Å². The van der Waals surface area contributed by atoms with Gasteiger partial charge in [-0.25, -0.2) is 0 Å². The van der Waals surface area contributed by atoms with Crippen molar-refractivity contribution >= 4 is 23.7 Å². The smallest absolute Gasteiger partial charge is 0.255 e. The fourth-order valence-electron chi connectivity index (χ4n) is 5.17. The molecule has 0 spiro atoms. The minimum absolute atomic E-state index is 0.0367. The molecule has 39 heavy (non-hydrogen) atoms. The highest BCUT2D eigenvalue weighted by molar-refractivity contribution is 6.03. The maximum Gasteiger partial charge on any atom is 0.255 e. The summed E-state index contributed by atoms with van der Waals surface area (Å²) >= 11 is 0. The van der Waals surface area contributed by atoms with Crippen molar-refractivity contribution in [2.24, 2.45) is 5.92 Å². The number of nitrogens with one attached hydrogen (secondary N) is 1. The number of unbranched alkanes of at least 4 members (excludes halogenated alkanes) is 1. The maximum atomic E-state index is 13.1. The zero-order valence-electron chi connectivity index (χ0n) is 24.5. The number of allylic oxidation sites excluding steroid dienone is 2. The number of rotatable bonds is 12. The van der Waals surface area contributed by atoms with Crippen LogP contribution in [0, 0.1) is 5.92 Å². The average molecular weight is 534 g/mol. The lowest BCUT2D eigenvalue weighted by molar-refractivity contribution is -0.146. The number of amides is 2. The molecule has 1 aromatic carbocycles. The van der Waals surface area contributed by atoms with Crippen molar-refractivity contribution < 1.29 is 14.4 Å². The van der Waals surface area contributed by atoms with Crippen LogP contribution >= 0.6 is 0 Å². The van der Waals surface area contributed by atoms with Gasteiger partial charge in [0.15, 0.2) is 0 Å². The molecule has 3 rings (SSSR count). The van der Waals surface area contributed by atoms with Crippen LogP contribution in [0.5, 0.6) is 0 Å². The van der Waals surface area contributed by atoms with Crippen molar-refractivity contribution in [3.05, 3.63) is 77.9 Å². The molecule has 2 amide bonds. The predicted molar refractivity (Wildman–Crippen MR) is 161 cm³/mol. The number of carbonyl (C=O) groups excluding carboxylic acids is 3. The quantitative estimate of drug-likeness (QED) is 0.349. The van der Waals surface area contributed by atoms with Crippen LogP contribution in [0.25, 0.3) is 5.57 Å². The Hall–Kier alpha value is -3.25. The van der Waals surface area contributed by atoms with Gasteiger partial charge in [-0.05, 0) is 67.8 Å². The van der Waals surface area contributed by atoms with Gasteiger partial charge in [0.2, 0.25) is 5.91 Å². The second-order valence-corrected chi connectivity index (χ2v) is 10.6. The third-order valence-electron chi connectivity index (χ3n) is 7.28. The predicted octanol–water partition coefficient (Wildman–Crippen LogP) is 5.71. The molecule has 1 fully saturated rings. The van der Waals surface area contributed by atoms with Crippen molar-refractivity contribution in [1.82, 2.24) is 15.1 Å². The Kier molecular flexibility index (Phi) is 13.1. The molecule has 2 aliphatic heterocycles. The summed E-state index contributed by atoms with van der Waals surface area (Å²) in [7, 11) is 1.97. The van der Waals surface area contributed by atoms with Crippen molar-refractivity contribution in [2.45, 2.75) is 78.4 Å². The topological polar surface area (TPSA) is 69.7 Å². The van der Waals surface area contributed by atoms with Crippen LogP contribution in [0.1, 0.15) is 70.9 Å². The number of aldehydes is 1. The van der Waals surface area contributed by atoms with Crippen LogP contribution in [0.3, 0.4) is 0 Å². The summed E-state index contributed by atoms with van der Waals surface area (Å²) < 4.78 is 0. The number of carbonyl (C=O) groups is 3. The normalized spacial score (nSPS) is 18.0. The molecule has 0 aliphatic carbocycles. The minimum Gasteiger partial charge on any atom is -0.331 e. The van der Waals surface area contributed by atoms with Gasteiger partial charge in [-0.15, -0.1) is 0 Å². The van der Waals surface area contributed by atoms with E-state index in [-0.39, 0.29) is 23.8 Å². The second kappa shape index (κ2) is 16.0. The fraction of sp³-hybridized carbons (Fsp3) is 0.485. The Morgan fingerprint density at radius 1 is 1.23 bits per heavy atom. The standard InChI is InChI=1S/C19H26N2O3.C14H21N/c1-5-8-14-11-21(18(23)16(14)6-2)17(13(3)4)19(24)20-10-7-9-15(20)12-22;1-4-5-6-12(2)14-9-7-13(8-10-14)11-15-3/h5-6,8,12-13,15,17H,2,7,9-11H2,1,3-4H3;7-10,15H,2,4-6,11H2,1,3H3/b8-5-;. The Labute approximate surface area is 235 Å². The van der Waals surface area contributed by atoms with E-state index in [2.05, 4.69) is 49.7 Å². The van der Waals surface area contributed by atoms with Crippen LogP contribution in [0.15, 0.2) is 66.8 Å². The lowest BCUT2D eigenvalue weighted by Gasteiger charge is -2.34. The van der Waals surface area contributed by atoms with Gasteiger partial charge < -0.3 is 19.9 Å². The van der Waals surface area contributed by atoms with Crippen LogP contribution in [-0.2, 0) is 20.9 Å². The van der Waals surface area contributed by atoms with Crippen molar-refractivity contribution in [3.63, 3.8) is 0 Å². The molecule has 0 radical (unpaired) electrons. The van der Waals surface area contributed by atoms with Gasteiger partial charge in [0.05, 0.1) is 6.04 Å². The molecule has 212 valence electrons. The van der Waals surface area contributed by atoms with Crippen molar-refractivity contribution in [1.29, 1.82) is 0 Å². The van der Waals surface area contributed by atoms with Crippen molar-refractivity contribution in [3.8, 4) is 0 Å². The fourth-order valence-corrected chi connectivity index (χ4v) is 5.17. The number of hydrogen-bond acceptors (Lipinski definition) is 4. The van der Waals surface area contributed by atoms with E-state index in [0.717, 1.165) is 31.2 Å². The molecule has 6 heteroatoms. The van der Waals surface area contributed by atoms with E-state index in [4.69, 9.17) is 0 Å². The SMILES string of the molecule is C=C(CCCC)c1ccc(CNC)cc1.C=CC1=C(/C=C\C)CN(C(C(=O)N2CCCC2C=O)C(C)C)C1=O. The number of likely N-dealkylation sites (tertiary alicyclic amines) is 1. The van der Waals surface area contributed by atoms with E-state index in [0.29, 0.717) is 25.1 Å². The summed E-state index contributed by atoms with van der Waals surface area (Å²) in [6, 6.07) is 7.76. The first-order valence-electron chi connectivity index (χ1n) is 14.2. The summed E-state index contributed by atoms with van der Waals surface area (Å²) in [4.78, 5) is 40.3. The lowest BCUT2D eigenvalue weighted by Crippen LogP contribution is -2.53. The molecule has 0 aromatic heterocycles. The van der Waals surface area contributed by atoms with E-state index >= 15 is 0 Å². The first kappa shape index (κ1) is 32.0. The molecule has 2 heterocycles. The largest absolute Gasteiger partial charge is 0.331 e. The van der Waals surface area contributed by atoms with E-state index in [1.165, 1.54) is 29.5 Å². The van der Waals surface area contributed by atoms with E-state index in [1.807, 2.05) is 40.0 Å². The summed E-state index contributed by atoms with van der Waals surface area (Å²) in [5.74, 6) is -0.324. The van der Waals surface area contributed by atoms with E-state index in [1.54, 1.807) is 15.9 Å². The van der Waals surface area contributed by atoms with Gasteiger partial charge in [0.25, 0.3) is 5.91 Å². The molecule has 1 saturated heterocycles. The Bertz CT molecular complexity index is 1070. The number of benzene rings is 1. The van der Waals surface area contributed by atoms with Crippen LogP contribution in [-0.4, -0.2) is 60.1 Å². The van der Waals surface area contributed by atoms with Gasteiger partial charge in [-0.2, -0.15) is 0 Å². The summed E-state index contributed by atoms with van der Waals surface area (Å²) in [6.45, 7) is 17.7. The zero-order chi connectivity index (χ0) is 28.9. The summed E-state index contributed by atoms with van der Waals surface area (Å²) in [6.07, 6.45) is 11.3. The summed E-state index contributed by atoms with van der Waals surface area (Å²) in [5, 5.41) is 3.14. The van der Waals surface area contributed by atoms with E-state index < -0.39 is 6.04 Å². The monoisotopic (exact) mass is 533 g/mol. The highest BCUT2D eigenvalue weighted by Gasteiger charge is 2.42. The highest BCUT2D eigenvalue weighted by Crippen LogP contribution is 2.29. The third-order valence-corrected chi connectivity index (χ3v) is 7.28. The van der Waals surface area contributed by atoms with Gasteiger partial charge in [0, 0.05) is 25.2 Å².